The Labute approximate surface area is 102 Å². The summed E-state index contributed by atoms with van der Waals surface area (Å²) in [7, 11) is 0. The number of para-hydroxylation sites is 1. The van der Waals surface area contributed by atoms with Gasteiger partial charge < -0.3 is 5.73 Å². The van der Waals surface area contributed by atoms with Gasteiger partial charge in [-0.2, -0.15) is 13.2 Å². The average Bonchev–Trinajstić information content (AvgIpc) is 2.32. The van der Waals surface area contributed by atoms with Crippen LogP contribution < -0.4 is 5.73 Å². The zero-order valence-electron chi connectivity index (χ0n) is 9.41. The fourth-order valence-corrected chi connectivity index (χ4v) is 1.73. The van der Waals surface area contributed by atoms with E-state index in [1.54, 1.807) is 30.6 Å². The summed E-state index contributed by atoms with van der Waals surface area (Å²) >= 11 is 0. The second-order valence-corrected chi connectivity index (χ2v) is 3.91. The summed E-state index contributed by atoms with van der Waals surface area (Å²) in [4.78, 5) is 3.85. The van der Waals surface area contributed by atoms with Gasteiger partial charge in [-0.1, -0.05) is 12.1 Å². The molecule has 0 saturated heterocycles. The molecule has 5 heteroatoms. The molecule has 0 fully saturated rings. The van der Waals surface area contributed by atoms with Crippen molar-refractivity contribution in [2.45, 2.75) is 12.6 Å². The van der Waals surface area contributed by atoms with Crippen molar-refractivity contribution in [3.8, 4) is 0 Å². The lowest BCUT2D eigenvalue weighted by Crippen LogP contribution is -2.10. The number of nitrogens with two attached hydrogens (primary N) is 1. The number of hydrogen-bond acceptors (Lipinski definition) is 2. The first-order valence-corrected chi connectivity index (χ1v) is 5.32. The first-order valence-electron chi connectivity index (χ1n) is 5.32. The average molecular weight is 252 g/mol. The lowest BCUT2D eigenvalue weighted by atomic mass is 10.0. The van der Waals surface area contributed by atoms with Crippen molar-refractivity contribution < 1.29 is 13.2 Å². The maximum absolute atomic E-state index is 12.7. The van der Waals surface area contributed by atoms with E-state index in [0.717, 1.165) is 11.6 Å². The molecule has 2 N–H and O–H groups in total. The molecule has 0 radical (unpaired) electrons. The van der Waals surface area contributed by atoms with Crippen LogP contribution in [0.4, 0.5) is 18.9 Å². The van der Waals surface area contributed by atoms with Gasteiger partial charge in [0.1, 0.15) is 0 Å². The van der Waals surface area contributed by atoms with Crippen LogP contribution in [0.2, 0.25) is 0 Å². The molecule has 0 bridgehead atoms. The zero-order chi connectivity index (χ0) is 13.2. The topological polar surface area (TPSA) is 38.9 Å². The van der Waals surface area contributed by atoms with Gasteiger partial charge in [0, 0.05) is 18.1 Å². The minimum atomic E-state index is -4.42. The third kappa shape index (κ3) is 2.61. The minimum Gasteiger partial charge on any atom is -0.398 e. The van der Waals surface area contributed by atoms with Gasteiger partial charge in [-0.15, -0.1) is 0 Å². The SMILES string of the molecule is Nc1c(Cc2ccncc2)cccc1C(F)(F)F. The highest BCUT2D eigenvalue weighted by molar-refractivity contribution is 5.56. The maximum atomic E-state index is 12.7. The highest BCUT2D eigenvalue weighted by Gasteiger charge is 2.33. The number of nitrogen functional groups attached to an aromatic ring is 1. The van der Waals surface area contributed by atoms with Crippen molar-refractivity contribution in [2.24, 2.45) is 0 Å². The molecule has 1 heterocycles. The molecule has 0 aliphatic rings. The van der Waals surface area contributed by atoms with Crippen molar-refractivity contribution in [3.05, 3.63) is 59.4 Å². The predicted octanol–water partition coefficient (Wildman–Crippen LogP) is 3.27. The smallest absolute Gasteiger partial charge is 0.398 e. The number of alkyl halides is 3. The second kappa shape index (κ2) is 4.68. The molecule has 1 aromatic heterocycles. The van der Waals surface area contributed by atoms with E-state index in [-0.39, 0.29) is 5.69 Å². The molecule has 0 aliphatic heterocycles. The molecule has 18 heavy (non-hydrogen) atoms. The molecular formula is C13H11F3N2. The molecule has 94 valence electrons. The van der Waals surface area contributed by atoms with Crippen molar-refractivity contribution >= 4 is 5.69 Å². The lowest BCUT2D eigenvalue weighted by molar-refractivity contribution is -0.136. The molecule has 1 aromatic carbocycles. The van der Waals surface area contributed by atoms with Crippen LogP contribution in [-0.4, -0.2) is 4.98 Å². The lowest BCUT2D eigenvalue weighted by Gasteiger charge is -2.13. The van der Waals surface area contributed by atoms with Crippen LogP contribution in [0.15, 0.2) is 42.7 Å². The molecule has 2 rings (SSSR count). The number of aromatic nitrogens is 1. The summed E-state index contributed by atoms with van der Waals surface area (Å²) in [5.41, 5.74) is 5.93. The summed E-state index contributed by atoms with van der Waals surface area (Å²) in [5, 5.41) is 0. The van der Waals surface area contributed by atoms with Crippen LogP contribution in [0, 0.1) is 0 Å². The van der Waals surface area contributed by atoms with Gasteiger partial charge in [0.15, 0.2) is 0 Å². The number of pyridine rings is 1. The predicted molar refractivity (Wildman–Crippen MR) is 62.9 cm³/mol. The van der Waals surface area contributed by atoms with Gasteiger partial charge in [-0.3, -0.25) is 4.98 Å². The number of rotatable bonds is 2. The molecular weight excluding hydrogens is 241 g/mol. The molecule has 2 aromatic rings. The molecule has 0 saturated carbocycles. The van der Waals surface area contributed by atoms with E-state index in [9.17, 15) is 13.2 Å². The van der Waals surface area contributed by atoms with Crippen LogP contribution in [-0.2, 0) is 12.6 Å². The van der Waals surface area contributed by atoms with E-state index in [4.69, 9.17) is 5.73 Å². The van der Waals surface area contributed by atoms with Crippen molar-refractivity contribution in [1.82, 2.24) is 4.98 Å². The first kappa shape index (κ1) is 12.4. The molecule has 0 amide bonds. The molecule has 2 nitrogen and oxygen atoms in total. The number of anilines is 1. The van der Waals surface area contributed by atoms with Crippen LogP contribution in [0.5, 0.6) is 0 Å². The van der Waals surface area contributed by atoms with Crippen molar-refractivity contribution in [1.29, 1.82) is 0 Å². The Kier molecular flexibility index (Phi) is 3.23. The summed E-state index contributed by atoms with van der Waals surface area (Å²) in [6.45, 7) is 0. The van der Waals surface area contributed by atoms with E-state index >= 15 is 0 Å². The molecule has 0 unspecified atom stereocenters. The summed E-state index contributed by atoms with van der Waals surface area (Å²) in [5.74, 6) is 0. The number of nitrogens with zero attached hydrogens (tertiary/aromatic N) is 1. The van der Waals surface area contributed by atoms with E-state index in [0.29, 0.717) is 12.0 Å². The summed E-state index contributed by atoms with van der Waals surface area (Å²) in [6, 6.07) is 7.46. The van der Waals surface area contributed by atoms with Crippen LogP contribution in [0.3, 0.4) is 0 Å². The number of benzene rings is 1. The Morgan fingerprint density at radius 1 is 1.06 bits per heavy atom. The second-order valence-electron chi connectivity index (χ2n) is 3.91. The fraction of sp³-hybridized carbons (Fsp3) is 0.154. The number of hydrogen-bond donors (Lipinski definition) is 1. The molecule has 0 spiro atoms. The Balaban J connectivity index is 2.36. The third-order valence-electron chi connectivity index (χ3n) is 2.65. The van der Waals surface area contributed by atoms with Gasteiger partial charge in [0.2, 0.25) is 0 Å². The van der Waals surface area contributed by atoms with Crippen LogP contribution in [0.25, 0.3) is 0 Å². The van der Waals surface area contributed by atoms with Gasteiger partial charge in [-0.25, -0.2) is 0 Å². The van der Waals surface area contributed by atoms with Crippen molar-refractivity contribution in [3.63, 3.8) is 0 Å². The minimum absolute atomic E-state index is 0.207. The van der Waals surface area contributed by atoms with Gasteiger partial charge in [-0.05, 0) is 35.7 Å². The van der Waals surface area contributed by atoms with E-state index in [1.165, 1.54) is 6.07 Å². The van der Waals surface area contributed by atoms with E-state index < -0.39 is 11.7 Å². The van der Waals surface area contributed by atoms with E-state index in [2.05, 4.69) is 4.98 Å². The third-order valence-corrected chi connectivity index (χ3v) is 2.65. The number of halogens is 3. The maximum Gasteiger partial charge on any atom is 0.418 e. The Hall–Kier alpha value is -2.04. The van der Waals surface area contributed by atoms with Crippen LogP contribution >= 0.6 is 0 Å². The standard InChI is InChI=1S/C13H11F3N2/c14-13(15,16)11-3-1-2-10(12(11)17)8-9-4-6-18-7-5-9/h1-7H,8,17H2. The van der Waals surface area contributed by atoms with Gasteiger partial charge in [0.25, 0.3) is 0 Å². The van der Waals surface area contributed by atoms with Gasteiger partial charge in [0.05, 0.1) is 5.56 Å². The molecule has 0 atom stereocenters. The normalized spacial score (nSPS) is 11.5. The van der Waals surface area contributed by atoms with Crippen LogP contribution in [0.1, 0.15) is 16.7 Å². The van der Waals surface area contributed by atoms with Gasteiger partial charge >= 0.3 is 6.18 Å². The Bertz CT molecular complexity index is 536. The summed E-state index contributed by atoms with van der Waals surface area (Å²) < 4.78 is 38.0. The largest absolute Gasteiger partial charge is 0.418 e. The highest BCUT2D eigenvalue weighted by atomic mass is 19.4. The quantitative estimate of drug-likeness (QED) is 0.833. The molecule has 0 aliphatic carbocycles. The summed E-state index contributed by atoms with van der Waals surface area (Å²) in [6.07, 6.45) is -0.866. The van der Waals surface area contributed by atoms with Crippen molar-refractivity contribution in [2.75, 3.05) is 5.73 Å². The highest BCUT2D eigenvalue weighted by Crippen LogP contribution is 2.35. The van der Waals surface area contributed by atoms with E-state index in [1.807, 2.05) is 0 Å². The monoisotopic (exact) mass is 252 g/mol. The Morgan fingerprint density at radius 3 is 2.33 bits per heavy atom. The zero-order valence-corrected chi connectivity index (χ0v) is 9.41. The first-order chi connectivity index (χ1) is 8.48. The Morgan fingerprint density at radius 2 is 1.72 bits per heavy atom. The fourth-order valence-electron chi connectivity index (χ4n) is 1.73.